The fourth-order valence-electron chi connectivity index (χ4n) is 2.91. The SMILES string of the molecule is COc1ccc(CN2CCNC(=O)C2CC(=O)NCCSC)c(OC)c1. The van der Waals surface area contributed by atoms with Crippen LogP contribution in [0.4, 0.5) is 0 Å². The minimum atomic E-state index is -0.482. The molecule has 2 amide bonds. The van der Waals surface area contributed by atoms with E-state index in [9.17, 15) is 9.59 Å². The number of rotatable bonds is 9. The molecule has 0 aliphatic carbocycles. The Kier molecular flexibility index (Phi) is 8.06. The van der Waals surface area contributed by atoms with Crippen LogP contribution in [0.3, 0.4) is 0 Å². The molecule has 2 rings (SSSR count). The first-order chi connectivity index (χ1) is 12.6. The van der Waals surface area contributed by atoms with E-state index < -0.39 is 6.04 Å². The number of piperazine rings is 1. The zero-order valence-electron chi connectivity index (χ0n) is 15.5. The molecule has 0 saturated carbocycles. The molecule has 1 aromatic carbocycles. The Morgan fingerprint density at radius 3 is 2.88 bits per heavy atom. The van der Waals surface area contributed by atoms with E-state index in [1.807, 2.05) is 29.4 Å². The second kappa shape index (κ2) is 10.3. The summed E-state index contributed by atoms with van der Waals surface area (Å²) in [6, 6.07) is 5.14. The van der Waals surface area contributed by atoms with E-state index in [-0.39, 0.29) is 18.2 Å². The van der Waals surface area contributed by atoms with Gasteiger partial charge in [0, 0.05) is 43.6 Å². The normalized spacial score (nSPS) is 17.5. The van der Waals surface area contributed by atoms with Gasteiger partial charge in [0.25, 0.3) is 0 Å². The average molecular weight is 381 g/mol. The average Bonchev–Trinajstić information content (AvgIpc) is 2.65. The second-order valence-corrected chi connectivity index (χ2v) is 6.99. The number of carbonyl (C=O) groups excluding carboxylic acids is 2. The molecule has 1 atom stereocenters. The standard InChI is InChI=1S/C18H27N3O4S/c1-24-14-5-4-13(16(10-14)25-2)12-21-8-6-20-18(23)15(21)11-17(22)19-7-9-26-3/h4-5,10,15H,6-9,11-12H2,1-3H3,(H,19,22)(H,20,23). The van der Waals surface area contributed by atoms with Gasteiger partial charge in [0.15, 0.2) is 0 Å². The number of hydrogen-bond acceptors (Lipinski definition) is 6. The summed E-state index contributed by atoms with van der Waals surface area (Å²) in [7, 11) is 3.22. The van der Waals surface area contributed by atoms with E-state index in [4.69, 9.17) is 9.47 Å². The summed E-state index contributed by atoms with van der Waals surface area (Å²) < 4.78 is 10.7. The van der Waals surface area contributed by atoms with Gasteiger partial charge in [-0.3, -0.25) is 14.5 Å². The van der Waals surface area contributed by atoms with Crippen LogP contribution in [0.2, 0.25) is 0 Å². The Hall–Kier alpha value is -1.93. The molecule has 1 aromatic rings. The van der Waals surface area contributed by atoms with Crippen molar-refractivity contribution in [1.82, 2.24) is 15.5 Å². The predicted molar refractivity (Wildman–Crippen MR) is 103 cm³/mol. The van der Waals surface area contributed by atoms with Gasteiger partial charge < -0.3 is 20.1 Å². The van der Waals surface area contributed by atoms with Gasteiger partial charge in [0.05, 0.1) is 26.7 Å². The summed E-state index contributed by atoms with van der Waals surface area (Å²) in [5.41, 5.74) is 0.954. The minimum absolute atomic E-state index is 0.104. The molecule has 0 aromatic heterocycles. The van der Waals surface area contributed by atoms with Crippen LogP contribution in [0, 0.1) is 0 Å². The van der Waals surface area contributed by atoms with E-state index in [1.54, 1.807) is 26.0 Å². The number of methoxy groups -OCH3 is 2. The van der Waals surface area contributed by atoms with Gasteiger partial charge in [0.1, 0.15) is 11.5 Å². The Morgan fingerprint density at radius 1 is 1.38 bits per heavy atom. The fourth-order valence-corrected chi connectivity index (χ4v) is 3.22. The van der Waals surface area contributed by atoms with Crippen molar-refractivity contribution < 1.29 is 19.1 Å². The maximum absolute atomic E-state index is 12.3. The van der Waals surface area contributed by atoms with Crippen molar-refractivity contribution >= 4 is 23.6 Å². The first kappa shape index (κ1) is 20.4. The summed E-state index contributed by atoms with van der Waals surface area (Å²) in [5, 5.41) is 5.72. The molecule has 26 heavy (non-hydrogen) atoms. The van der Waals surface area contributed by atoms with Crippen molar-refractivity contribution in [3.8, 4) is 11.5 Å². The highest BCUT2D eigenvalue weighted by Crippen LogP contribution is 2.27. The summed E-state index contributed by atoms with van der Waals surface area (Å²) in [5.74, 6) is 2.07. The molecule has 1 fully saturated rings. The van der Waals surface area contributed by atoms with Gasteiger partial charge in [-0.2, -0.15) is 11.8 Å². The number of thioether (sulfide) groups is 1. The molecule has 2 N–H and O–H groups in total. The van der Waals surface area contributed by atoms with Crippen LogP contribution in [0.5, 0.6) is 11.5 Å². The molecular formula is C18H27N3O4S. The summed E-state index contributed by atoms with van der Waals surface area (Å²) in [6.45, 7) is 2.40. The van der Waals surface area contributed by atoms with Crippen LogP contribution < -0.4 is 20.1 Å². The maximum Gasteiger partial charge on any atom is 0.237 e. The molecule has 1 saturated heterocycles. The molecule has 1 aliphatic heterocycles. The highest BCUT2D eigenvalue weighted by molar-refractivity contribution is 7.98. The number of amides is 2. The lowest BCUT2D eigenvalue weighted by Crippen LogP contribution is -2.56. The zero-order chi connectivity index (χ0) is 18.9. The molecule has 144 valence electrons. The Bertz CT molecular complexity index is 626. The lowest BCUT2D eigenvalue weighted by molar-refractivity contribution is -0.134. The molecule has 7 nitrogen and oxygen atoms in total. The van der Waals surface area contributed by atoms with Crippen molar-refractivity contribution in [2.24, 2.45) is 0 Å². The molecule has 8 heteroatoms. The fraction of sp³-hybridized carbons (Fsp3) is 0.556. The smallest absolute Gasteiger partial charge is 0.237 e. The van der Waals surface area contributed by atoms with Gasteiger partial charge in [-0.1, -0.05) is 6.07 Å². The van der Waals surface area contributed by atoms with E-state index in [1.165, 1.54) is 0 Å². The van der Waals surface area contributed by atoms with Crippen LogP contribution in [0.1, 0.15) is 12.0 Å². The molecule has 1 aliphatic rings. The predicted octanol–water partition coefficient (Wildman–Crippen LogP) is 0.874. The monoisotopic (exact) mass is 381 g/mol. The Balaban J connectivity index is 2.07. The molecular weight excluding hydrogens is 354 g/mol. The first-order valence-corrected chi connectivity index (χ1v) is 9.96. The summed E-state index contributed by atoms with van der Waals surface area (Å²) in [4.78, 5) is 26.5. The van der Waals surface area contributed by atoms with Gasteiger partial charge >= 0.3 is 0 Å². The molecule has 0 spiro atoms. The Morgan fingerprint density at radius 2 is 2.19 bits per heavy atom. The van der Waals surface area contributed by atoms with Gasteiger partial charge in [-0.15, -0.1) is 0 Å². The van der Waals surface area contributed by atoms with Gasteiger partial charge in [-0.25, -0.2) is 0 Å². The number of nitrogens with zero attached hydrogens (tertiary/aromatic N) is 1. The van der Waals surface area contributed by atoms with Crippen LogP contribution >= 0.6 is 11.8 Å². The highest BCUT2D eigenvalue weighted by atomic mass is 32.2. The van der Waals surface area contributed by atoms with Crippen LogP contribution in [-0.2, 0) is 16.1 Å². The van der Waals surface area contributed by atoms with Gasteiger partial charge in [0.2, 0.25) is 11.8 Å². The number of nitrogens with one attached hydrogen (secondary N) is 2. The van der Waals surface area contributed by atoms with E-state index in [2.05, 4.69) is 10.6 Å². The molecule has 1 heterocycles. The van der Waals surface area contributed by atoms with Crippen LogP contribution in [-0.4, -0.2) is 68.6 Å². The largest absolute Gasteiger partial charge is 0.497 e. The minimum Gasteiger partial charge on any atom is -0.497 e. The lowest BCUT2D eigenvalue weighted by Gasteiger charge is -2.35. The third-order valence-electron chi connectivity index (χ3n) is 4.32. The molecule has 1 unspecified atom stereocenters. The van der Waals surface area contributed by atoms with Crippen molar-refractivity contribution in [2.45, 2.75) is 19.0 Å². The lowest BCUT2D eigenvalue weighted by atomic mass is 10.1. The topological polar surface area (TPSA) is 79.9 Å². The highest BCUT2D eigenvalue weighted by Gasteiger charge is 2.32. The van der Waals surface area contributed by atoms with Crippen molar-refractivity contribution in [3.05, 3.63) is 23.8 Å². The summed E-state index contributed by atoms with van der Waals surface area (Å²) >= 11 is 1.67. The van der Waals surface area contributed by atoms with E-state index in [0.29, 0.717) is 37.7 Å². The third kappa shape index (κ3) is 5.54. The van der Waals surface area contributed by atoms with Crippen LogP contribution in [0.25, 0.3) is 0 Å². The number of ether oxygens (including phenoxy) is 2. The number of hydrogen-bond donors (Lipinski definition) is 2. The Labute approximate surface area is 158 Å². The molecule has 0 radical (unpaired) electrons. The van der Waals surface area contributed by atoms with Crippen molar-refractivity contribution in [3.63, 3.8) is 0 Å². The second-order valence-electron chi connectivity index (χ2n) is 6.00. The van der Waals surface area contributed by atoms with E-state index in [0.717, 1.165) is 11.3 Å². The van der Waals surface area contributed by atoms with Crippen LogP contribution in [0.15, 0.2) is 18.2 Å². The molecule has 0 bridgehead atoms. The number of carbonyl (C=O) groups is 2. The zero-order valence-corrected chi connectivity index (χ0v) is 16.4. The third-order valence-corrected chi connectivity index (χ3v) is 4.93. The van der Waals surface area contributed by atoms with E-state index >= 15 is 0 Å². The number of benzene rings is 1. The maximum atomic E-state index is 12.3. The quantitative estimate of drug-likeness (QED) is 0.618. The summed E-state index contributed by atoms with van der Waals surface area (Å²) in [6.07, 6.45) is 2.14. The van der Waals surface area contributed by atoms with Crippen molar-refractivity contribution in [1.29, 1.82) is 0 Å². The van der Waals surface area contributed by atoms with Gasteiger partial charge in [-0.05, 0) is 12.3 Å². The first-order valence-electron chi connectivity index (χ1n) is 8.57. The van der Waals surface area contributed by atoms with Crippen molar-refractivity contribution in [2.75, 3.05) is 45.9 Å².